The van der Waals surface area contributed by atoms with Gasteiger partial charge in [0.15, 0.2) is 0 Å². The first-order valence-electron chi connectivity index (χ1n) is 15.0. The Morgan fingerprint density at radius 3 is 2.70 bits per heavy atom. The second-order valence-corrected chi connectivity index (χ2v) is 11.6. The number of rotatable bonds is 7. The van der Waals surface area contributed by atoms with Gasteiger partial charge in [-0.2, -0.15) is 10.1 Å². The zero-order valence-electron chi connectivity index (χ0n) is 24.6. The van der Waals surface area contributed by atoms with Crippen molar-refractivity contribution in [1.29, 1.82) is 0 Å². The number of fused-ring (bicyclic) bond motifs is 2. The number of carbonyl (C=O) groups excluding carboxylic acids is 1. The van der Waals surface area contributed by atoms with Crippen LogP contribution in [0.2, 0.25) is 0 Å². The maximum absolute atomic E-state index is 13.2. The van der Waals surface area contributed by atoms with Gasteiger partial charge in [0.05, 0.1) is 23.4 Å². The van der Waals surface area contributed by atoms with Crippen LogP contribution in [-0.2, 0) is 4.74 Å². The van der Waals surface area contributed by atoms with Gasteiger partial charge >= 0.3 is 0 Å². The summed E-state index contributed by atoms with van der Waals surface area (Å²) in [7, 11) is 3.92. The molecule has 1 amide bonds. The highest BCUT2D eigenvalue weighted by molar-refractivity contribution is 6.02. The summed E-state index contributed by atoms with van der Waals surface area (Å²) in [5, 5.41) is 11.9. The van der Waals surface area contributed by atoms with Crippen LogP contribution in [0.5, 0.6) is 0 Å². The highest BCUT2D eigenvalue weighted by Gasteiger charge is 2.24. The lowest BCUT2D eigenvalue weighted by atomic mass is 9.93. The Balaban J connectivity index is 1.09. The van der Waals surface area contributed by atoms with Gasteiger partial charge in [0.25, 0.3) is 5.91 Å². The number of pyridine rings is 1. The molecule has 222 valence electrons. The van der Waals surface area contributed by atoms with Crippen LogP contribution >= 0.6 is 0 Å². The second-order valence-electron chi connectivity index (χ2n) is 11.6. The van der Waals surface area contributed by atoms with Crippen molar-refractivity contribution in [3.63, 3.8) is 0 Å². The summed E-state index contributed by atoms with van der Waals surface area (Å²) in [6, 6.07) is 12.5. The van der Waals surface area contributed by atoms with Crippen molar-refractivity contribution in [3.05, 3.63) is 66.7 Å². The number of ether oxygens (including phenoxy) is 1. The fourth-order valence-corrected chi connectivity index (χ4v) is 6.21. The third-order valence-electron chi connectivity index (χ3n) is 8.82. The van der Waals surface area contributed by atoms with Gasteiger partial charge in [-0.3, -0.25) is 4.79 Å². The lowest BCUT2D eigenvalue weighted by Gasteiger charge is -2.34. The van der Waals surface area contributed by atoms with E-state index in [1.54, 1.807) is 17.8 Å². The number of aromatic amines is 1. The highest BCUT2D eigenvalue weighted by atomic mass is 16.5. The van der Waals surface area contributed by atoms with E-state index in [1.165, 1.54) is 5.69 Å². The average molecular weight is 580 g/mol. The number of likely N-dealkylation sites (N-methyl/N-ethyl adjacent to an activating group) is 1. The van der Waals surface area contributed by atoms with E-state index in [9.17, 15) is 4.79 Å². The van der Waals surface area contributed by atoms with E-state index in [0.29, 0.717) is 11.5 Å². The maximum Gasteiger partial charge on any atom is 0.255 e. The smallest absolute Gasteiger partial charge is 0.255 e. The summed E-state index contributed by atoms with van der Waals surface area (Å²) in [6.45, 7) is 4.15. The van der Waals surface area contributed by atoms with Crippen LogP contribution in [0.4, 0.5) is 17.3 Å². The molecule has 1 aromatic carbocycles. The predicted molar refractivity (Wildman–Crippen MR) is 168 cm³/mol. The topological polar surface area (TPSA) is 116 Å². The Kier molecular flexibility index (Phi) is 7.42. The Hall–Kier alpha value is -4.48. The Morgan fingerprint density at radius 1 is 1.05 bits per heavy atom. The van der Waals surface area contributed by atoms with Crippen LogP contribution in [0.3, 0.4) is 0 Å². The zero-order chi connectivity index (χ0) is 29.3. The van der Waals surface area contributed by atoms with E-state index in [2.05, 4.69) is 60.7 Å². The van der Waals surface area contributed by atoms with Crippen molar-refractivity contribution >= 4 is 39.8 Å². The summed E-state index contributed by atoms with van der Waals surface area (Å²) in [6.07, 6.45) is 11.4. The van der Waals surface area contributed by atoms with Crippen LogP contribution in [-0.4, -0.2) is 87.9 Å². The second kappa shape index (κ2) is 11.7. The molecule has 5 heterocycles. The molecule has 1 aliphatic heterocycles. The number of carbonyl (C=O) groups is 1. The van der Waals surface area contributed by atoms with Gasteiger partial charge in [0.2, 0.25) is 5.95 Å². The largest absolute Gasteiger partial charge is 0.381 e. The van der Waals surface area contributed by atoms with Gasteiger partial charge in [-0.1, -0.05) is 6.07 Å². The number of nitrogens with zero attached hydrogens (tertiary/aromatic N) is 6. The Labute approximate surface area is 250 Å². The van der Waals surface area contributed by atoms with Crippen molar-refractivity contribution in [3.8, 4) is 11.1 Å². The molecule has 5 aromatic rings. The molecule has 2 aliphatic rings. The molecule has 2 fully saturated rings. The van der Waals surface area contributed by atoms with Crippen LogP contribution in [0.15, 0.2) is 61.2 Å². The molecular weight excluding hydrogens is 542 g/mol. The fourth-order valence-electron chi connectivity index (χ4n) is 6.21. The van der Waals surface area contributed by atoms with Crippen molar-refractivity contribution < 1.29 is 9.53 Å². The van der Waals surface area contributed by atoms with Crippen LogP contribution in [0, 0.1) is 0 Å². The van der Waals surface area contributed by atoms with E-state index < -0.39 is 0 Å². The third-order valence-corrected chi connectivity index (χ3v) is 8.82. The van der Waals surface area contributed by atoms with Gasteiger partial charge in [0.1, 0.15) is 5.65 Å². The first kappa shape index (κ1) is 27.4. The molecule has 1 aliphatic carbocycles. The standard InChI is InChI=1S/C32H37N9O2/c1-39-12-14-40(15-13-39)24-5-3-4-23(17-24)37-32-34-19-27-26(18-33-30(27)38-32)21-10-11-41-29(16-21)28(20-35-41)31(42)36-22-6-8-25(43-2)9-7-22/h3-5,10-11,16-20,22,25H,6-9,12-15H2,1-2H3,(H,36,42)(H2,33,34,37,38). The van der Waals surface area contributed by atoms with Gasteiger partial charge in [-0.25, -0.2) is 9.50 Å². The number of methoxy groups -OCH3 is 1. The van der Waals surface area contributed by atoms with E-state index in [-0.39, 0.29) is 18.1 Å². The molecule has 43 heavy (non-hydrogen) atoms. The van der Waals surface area contributed by atoms with Crippen molar-refractivity contribution in [2.75, 3.05) is 50.6 Å². The maximum atomic E-state index is 13.2. The van der Waals surface area contributed by atoms with E-state index in [0.717, 1.165) is 85.2 Å². The van der Waals surface area contributed by atoms with Gasteiger partial charge in [-0.15, -0.1) is 0 Å². The normalized spacial score (nSPS) is 19.6. The molecule has 0 spiro atoms. The number of H-pyrrole nitrogens is 1. The molecule has 0 unspecified atom stereocenters. The van der Waals surface area contributed by atoms with Crippen molar-refractivity contribution in [1.82, 2.24) is 34.8 Å². The minimum atomic E-state index is -0.0947. The molecule has 11 heteroatoms. The fraction of sp³-hybridized carbons (Fsp3) is 0.375. The molecule has 0 bridgehead atoms. The summed E-state index contributed by atoms with van der Waals surface area (Å²) in [5.41, 5.74) is 6.13. The summed E-state index contributed by atoms with van der Waals surface area (Å²) < 4.78 is 7.21. The zero-order valence-corrected chi connectivity index (χ0v) is 24.6. The molecule has 11 nitrogen and oxygen atoms in total. The minimum Gasteiger partial charge on any atom is -0.381 e. The number of amides is 1. The van der Waals surface area contributed by atoms with Gasteiger partial charge in [-0.05, 0) is 68.6 Å². The van der Waals surface area contributed by atoms with Crippen LogP contribution in [0.25, 0.3) is 27.7 Å². The number of benzene rings is 1. The first-order chi connectivity index (χ1) is 21.0. The van der Waals surface area contributed by atoms with E-state index in [4.69, 9.17) is 9.72 Å². The number of piperazine rings is 1. The number of nitrogens with one attached hydrogen (secondary N) is 3. The molecule has 3 N–H and O–H groups in total. The minimum absolute atomic E-state index is 0.0947. The highest BCUT2D eigenvalue weighted by Crippen LogP contribution is 2.30. The Morgan fingerprint density at radius 2 is 1.88 bits per heavy atom. The van der Waals surface area contributed by atoms with Gasteiger partial charge < -0.3 is 30.2 Å². The first-order valence-corrected chi connectivity index (χ1v) is 15.0. The number of anilines is 3. The van der Waals surface area contributed by atoms with Crippen molar-refractivity contribution in [2.24, 2.45) is 0 Å². The molecule has 7 rings (SSSR count). The average Bonchev–Trinajstić information content (AvgIpc) is 3.66. The molecule has 1 saturated heterocycles. The number of hydrogen-bond acceptors (Lipinski definition) is 8. The van der Waals surface area contributed by atoms with Crippen LogP contribution in [0.1, 0.15) is 36.0 Å². The van der Waals surface area contributed by atoms with Crippen LogP contribution < -0.4 is 15.5 Å². The van der Waals surface area contributed by atoms with E-state index in [1.807, 2.05) is 36.8 Å². The molecule has 0 radical (unpaired) electrons. The predicted octanol–water partition coefficient (Wildman–Crippen LogP) is 4.46. The van der Waals surface area contributed by atoms with Gasteiger partial charge in [0, 0.05) is 80.2 Å². The number of aromatic nitrogens is 5. The monoisotopic (exact) mass is 579 g/mol. The molecular formula is C32H37N9O2. The molecule has 0 atom stereocenters. The molecule has 1 saturated carbocycles. The lowest BCUT2D eigenvalue weighted by molar-refractivity contribution is 0.0599. The quantitative estimate of drug-likeness (QED) is 0.259. The third kappa shape index (κ3) is 5.65. The Bertz CT molecular complexity index is 1750. The SMILES string of the molecule is COC1CCC(NC(=O)c2cnn3ccc(-c4c[nH]c5nc(Nc6cccc(N7CCN(C)CC7)c6)ncc45)cc23)CC1. The molecule has 4 aromatic heterocycles. The summed E-state index contributed by atoms with van der Waals surface area (Å²) >= 11 is 0. The lowest BCUT2D eigenvalue weighted by Crippen LogP contribution is -2.44. The van der Waals surface area contributed by atoms with Crippen molar-refractivity contribution in [2.45, 2.75) is 37.8 Å². The number of hydrogen-bond donors (Lipinski definition) is 3. The summed E-state index contributed by atoms with van der Waals surface area (Å²) in [5.74, 6) is 0.434. The summed E-state index contributed by atoms with van der Waals surface area (Å²) in [4.78, 5) is 30.7. The van der Waals surface area contributed by atoms with E-state index >= 15 is 0 Å².